The van der Waals surface area contributed by atoms with Crippen molar-refractivity contribution in [1.82, 2.24) is 4.72 Å². The third-order valence-corrected chi connectivity index (χ3v) is 3.53. The van der Waals surface area contributed by atoms with Gasteiger partial charge in [-0.25, -0.2) is 8.42 Å². The van der Waals surface area contributed by atoms with Crippen LogP contribution in [0.5, 0.6) is 0 Å². The molecule has 0 aliphatic heterocycles. The van der Waals surface area contributed by atoms with Gasteiger partial charge in [-0.3, -0.25) is 4.79 Å². The fraction of sp³-hybridized carbons (Fsp3) is 0.364. The molecule has 1 aromatic rings. The summed E-state index contributed by atoms with van der Waals surface area (Å²) in [5.41, 5.74) is 0.381. The molecule has 0 heterocycles. The second kappa shape index (κ2) is 6.48. The first-order valence-electron chi connectivity index (χ1n) is 5.23. The molecule has 1 atom stereocenters. The van der Waals surface area contributed by atoms with Gasteiger partial charge in [-0.1, -0.05) is 30.3 Å². The molecule has 0 unspecified atom stereocenters. The maximum absolute atomic E-state index is 11.6. The molecule has 100 valence electrons. The van der Waals surface area contributed by atoms with Crippen LogP contribution in [0, 0.1) is 0 Å². The Labute approximate surface area is 106 Å². The SMILES string of the molecule is COCCS(=O)(=O)N[C@H](C(=O)O)c1ccccc1. The van der Waals surface area contributed by atoms with Gasteiger partial charge in [-0.2, -0.15) is 4.72 Å². The van der Waals surface area contributed by atoms with Gasteiger partial charge in [-0.05, 0) is 5.56 Å². The van der Waals surface area contributed by atoms with Gasteiger partial charge in [-0.15, -0.1) is 0 Å². The van der Waals surface area contributed by atoms with Crippen LogP contribution in [0.15, 0.2) is 30.3 Å². The van der Waals surface area contributed by atoms with Gasteiger partial charge >= 0.3 is 5.97 Å². The Balaban J connectivity index is 2.86. The molecule has 0 radical (unpaired) electrons. The van der Waals surface area contributed by atoms with E-state index >= 15 is 0 Å². The summed E-state index contributed by atoms with van der Waals surface area (Å²) in [5, 5.41) is 9.06. The highest BCUT2D eigenvalue weighted by Gasteiger charge is 2.25. The average molecular weight is 273 g/mol. The number of carboxylic acids is 1. The maximum atomic E-state index is 11.6. The van der Waals surface area contributed by atoms with E-state index in [0.29, 0.717) is 5.56 Å². The molecule has 0 bridgehead atoms. The van der Waals surface area contributed by atoms with Crippen molar-refractivity contribution in [1.29, 1.82) is 0 Å². The number of hydrogen-bond donors (Lipinski definition) is 2. The van der Waals surface area contributed by atoms with E-state index in [0.717, 1.165) is 0 Å². The average Bonchev–Trinajstić information content (AvgIpc) is 2.34. The number of methoxy groups -OCH3 is 1. The van der Waals surface area contributed by atoms with Gasteiger partial charge in [0.1, 0.15) is 6.04 Å². The van der Waals surface area contributed by atoms with Crippen molar-refractivity contribution < 1.29 is 23.1 Å². The zero-order valence-corrected chi connectivity index (χ0v) is 10.7. The summed E-state index contributed by atoms with van der Waals surface area (Å²) in [5.74, 6) is -1.53. The van der Waals surface area contributed by atoms with Gasteiger partial charge in [0.05, 0.1) is 12.4 Å². The van der Waals surface area contributed by atoms with E-state index in [2.05, 4.69) is 9.46 Å². The number of sulfonamides is 1. The smallest absolute Gasteiger partial charge is 0.326 e. The lowest BCUT2D eigenvalue weighted by molar-refractivity contribution is -0.139. The molecule has 0 amide bonds. The Kier molecular flexibility index (Phi) is 5.26. The van der Waals surface area contributed by atoms with E-state index in [1.54, 1.807) is 30.3 Å². The number of ether oxygens (including phenoxy) is 1. The number of hydrogen-bond acceptors (Lipinski definition) is 4. The molecule has 18 heavy (non-hydrogen) atoms. The largest absolute Gasteiger partial charge is 0.480 e. The van der Waals surface area contributed by atoms with E-state index in [4.69, 9.17) is 5.11 Å². The highest BCUT2D eigenvalue weighted by molar-refractivity contribution is 7.89. The van der Waals surface area contributed by atoms with E-state index in [1.165, 1.54) is 7.11 Å². The highest BCUT2D eigenvalue weighted by Crippen LogP contribution is 2.13. The molecule has 0 aliphatic carbocycles. The number of nitrogens with one attached hydrogen (secondary N) is 1. The van der Waals surface area contributed by atoms with Crippen LogP contribution >= 0.6 is 0 Å². The third-order valence-electron chi connectivity index (χ3n) is 2.23. The van der Waals surface area contributed by atoms with Crippen LogP contribution in [0.3, 0.4) is 0 Å². The Morgan fingerprint density at radius 1 is 1.39 bits per heavy atom. The number of benzene rings is 1. The normalized spacial score (nSPS) is 13.2. The number of aliphatic carboxylic acids is 1. The van der Waals surface area contributed by atoms with Crippen molar-refractivity contribution in [3.8, 4) is 0 Å². The van der Waals surface area contributed by atoms with Crippen LogP contribution < -0.4 is 4.72 Å². The molecule has 0 saturated heterocycles. The van der Waals surface area contributed by atoms with Crippen molar-refractivity contribution in [2.75, 3.05) is 19.5 Å². The quantitative estimate of drug-likeness (QED) is 0.749. The Bertz CT molecular complexity index is 485. The zero-order chi connectivity index (χ0) is 13.6. The van der Waals surface area contributed by atoms with E-state index in [9.17, 15) is 13.2 Å². The van der Waals surface area contributed by atoms with Gasteiger partial charge in [0.25, 0.3) is 0 Å². The van der Waals surface area contributed by atoms with Crippen molar-refractivity contribution >= 4 is 16.0 Å². The highest BCUT2D eigenvalue weighted by atomic mass is 32.2. The first-order valence-corrected chi connectivity index (χ1v) is 6.88. The zero-order valence-electron chi connectivity index (χ0n) is 9.87. The van der Waals surface area contributed by atoms with Crippen LogP contribution in [0.25, 0.3) is 0 Å². The fourth-order valence-corrected chi connectivity index (χ4v) is 2.44. The topological polar surface area (TPSA) is 92.7 Å². The monoisotopic (exact) mass is 273 g/mol. The first-order chi connectivity index (χ1) is 8.46. The number of carbonyl (C=O) groups is 1. The predicted molar refractivity (Wildman–Crippen MR) is 65.6 cm³/mol. The van der Waals surface area contributed by atoms with Gasteiger partial charge in [0.2, 0.25) is 10.0 Å². The van der Waals surface area contributed by atoms with Gasteiger partial charge in [0.15, 0.2) is 0 Å². The molecule has 0 saturated carbocycles. The van der Waals surface area contributed by atoms with Crippen LogP contribution in [0.1, 0.15) is 11.6 Å². The van der Waals surface area contributed by atoms with Crippen molar-refractivity contribution in [2.24, 2.45) is 0 Å². The molecular weight excluding hydrogens is 258 g/mol. The number of rotatable bonds is 7. The maximum Gasteiger partial charge on any atom is 0.326 e. The van der Waals surface area contributed by atoms with Crippen LogP contribution in [-0.4, -0.2) is 39.0 Å². The molecule has 0 aliphatic rings. The molecular formula is C11H15NO5S. The first kappa shape index (κ1) is 14.6. The minimum Gasteiger partial charge on any atom is -0.480 e. The summed E-state index contributed by atoms with van der Waals surface area (Å²) in [7, 11) is -2.32. The van der Waals surface area contributed by atoms with Crippen LogP contribution in [0.2, 0.25) is 0 Å². The molecule has 1 aromatic carbocycles. The van der Waals surface area contributed by atoms with Crippen LogP contribution in [0.4, 0.5) is 0 Å². The summed E-state index contributed by atoms with van der Waals surface area (Å²) in [4.78, 5) is 11.1. The van der Waals surface area contributed by atoms with Gasteiger partial charge in [0, 0.05) is 7.11 Å². The van der Waals surface area contributed by atoms with Crippen molar-refractivity contribution in [3.05, 3.63) is 35.9 Å². The Hall–Kier alpha value is -1.44. The summed E-state index contributed by atoms with van der Waals surface area (Å²) in [6.45, 7) is 0.0104. The molecule has 2 N–H and O–H groups in total. The third kappa shape index (κ3) is 4.44. The van der Waals surface area contributed by atoms with Crippen LogP contribution in [-0.2, 0) is 19.6 Å². The summed E-state index contributed by atoms with van der Waals surface area (Å²) < 4.78 is 30.0. The summed E-state index contributed by atoms with van der Waals surface area (Å²) in [6, 6.07) is 6.84. The van der Waals surface area contributed by atoms with E-state index < -0.39 is 22.0 Å². The second-order valence-corrected chi connectivity index (χ2v) is 5.48. The minimum atomic E-state index is -3.69. The molecule has 1 rings (SSSR count). The Morgan fingerprint density at radius 3 is 2.50 bits per heavy atom. The predicted octanol–water partition coefficient (Wildman–Crippen LogP) is 0.378. The fourth-order valence-electron chi connectivity index (χ4n) is 1.34. The summed E-state index contributed by atoms with van der Waals surface area (Å²) >= 11 is 0. The lowest BCUT2D eigenvalue weighted by Gasteiger charge is -2.14. The standard InChI is InChI=1S/C11H15NO5S/c1-17-7-8-18(15,16)12-10(11(13)14)9-5-3-2-4-6-9/h2-6,10,12H,7-8H2,1H3,(H,13,14)/t10-/m0/s1. The molecule has 6 nitrogen and oxygen atoms in total. The molecule has 0 aromatic heterocycles. The lowest BCUT2D eigenvalue weighted by atomic mass is 10.1. The molecule has 0 fully saturated rings. The van der Waals surface area contributed by atoms with E-state index in [1.807, 2.05) is 0 Å². The number of carboxylic acid groups (broad SMARTS) is 1. The molecule has 0 spiro atoms. The lowest BCUT2D eigenvalue weighted by Crippen LogP contribution is -2.36. The second-order valence-electron chi connectivity index (χ2n) is 3.61. The molecule has 7 heteroatoms. The van der Waals surface area contributed by atoms with Gasteiger partial charge < -0.3 is 9.84 Å². The van der Waals surface area contributed by atoms with Crippen molar-refractivity contribution in [2.45, 2.75) is 6.04 Å². The van der Waals surface area contributed by atoms with E-state index in [-0.39, 0.29) is 12.4 Å². The minimum absolute atomic E-state index is 0.0104. The summed E-state index contributed by atoms with van der Waals surface area (Å²) in [6.07, 6.45) is 0. The Morgan fingerprint density at radius 2 is 2.00 bits per heavy atom. The van der Waals surface area contributed by atoms with Crippen molar-refractivity contribution in [3.63, 3.8) is 0 Å².